The zero-order valence-corrected chi connectivity index (χ0v) is 25.2. The average molecular weight is 659 g/mol. The van der Waals surface area contributed by atoms with E-state index in [2.05, 4.69) is 35.8 Å². The van der Waals surface area contributed by atoms with Gasteiger partial charge in [0.15, 0.2) is 5.82 Å². The Hall–Kier alpha value is -3.22. The number of hydrogen-bond acceptors (Lipinski definition) is 8. The predicted molar refractivity (Wildman–Crippen MR) is 160 cm³/mol. The Morgan fingerprint density at radius 2 is 1.95 bits per heavy atom. The summed E-state index contributed by atoms with van der Waals surface area (Å²) in [4.78, 5) is 17.6. The van der Waals surface area contributed by atoms with Crippen molar-refractivity contribution in [3.63, 3.8) is 0 Å². The van der Waals surface area contributed by atoms with Gasteiger partial charge < -0.3 is 19.8 Å². The van der Waals surface area contributed by atoms with Gasteiger partial charge in [-0.2, -0.15) is 9.97 Å². The van der Waals surface area contributed by atoms with Crippen molar-refractivity contribution in [1.82, 2.24) is 19.9 Å². The lowest BCUT2D eigenvalue weighted by Gasteiger charge is -2.38. The molecule has 7 rings (SSSR count). The number of rotatable bonds is 5. The number of aliphatic hydroxyl groups is 1. The van der Waals surface area contributed by atoms with Gasteiger partial charge in [0.05, 0.1) is 21.0 Å². The molecule has 2 N–H and O–H groups in total. The number of piperidine rings is 1. The lowest BCUT2D eigenvalue weighted by molar-refractivity contribution is 0.0447. The number of phenolic OH excluding ortho intramolecular Hbond substituents is 1. The smallest absolute Gasteiger partial charge is 0.319 e. The monoisotopic (exact) mass is 657 g/mol. The second kappa shape index (κ2) is 10.4. The molecule has 2 aromatic heterocycles. The fourth-order valence-corrected chi connectivity index (χ4v) is 7.71. The normalized spacial score (nSPS) is 26.0. The van der Waals surface area contributed by atoms with Crippen LogP contribution >= 0.6 is 15.9 Å². The first-order valence-electron chi connectivity index (χ1n) is 14.5. The molecule has 2 aromatic carbocycles. The van der Waals surface area contributed by atoms with Crippen molar-refractivity contribution in [2.45, 2.75) is 56.3 Å². The number of halogens is 4. The maximum atomic E-state index is 16.6. The van der Waals surface area contributed by atoms with Crippen molar-refractivity contribution >= 4 is 43.4 Å². The maximum absolute atomic E-state index is 16.6. The lowest BCUT2D eigenvalue weighted by Crippen LogP contribution is -2.46. The standard InChI is InChI=1S/C31H31BrF3N5O3/c1-30(42)6-2-8-39(15-30)28-21-13-36-26(20-11-19(41)10-17-4-5-22(34)24(32)23(17)20)25(35)27(21)37-29(38-28)43-16-31-7-3-9-40(31)14-18(33)12-31/h4-5,10-11,13,18,41-42H,2-3,6-9,12,14-16H2,1H3/t18-,30?,31+/m1/s1. The number of pyridine rings is 1. The van der Waals surface area contributed by atoms with Gasteiger partial charge in [0, 0.05) is 43.2 Å². The number of fused-ring (bicyclic) bond motifs is 3. The van der Waals surface area contributed by atoms with Crippen molar-refractivity contribution in [2.75, 3.05) is 37.7 Å². The van der Waals surface area contributed by atoms with E-state index in [1.165, 1.54) is 30.5 Å². The van der Waals surface area contributed by atoms with Gasteiger partial charge in [-0.15, -0.1) is 0 Å². The first kappa shape index (κ1) is 28.5. The molecule has 1 unspecified atom stereocenters. The van der Waals surface area contributed by atoms with Crippen LogP contribution in [-0.4, -0.2) is 80.2 Å². The van der Waals surface area contributed by atoms with Gasteiger partial charge in [-0.05, 0) is 78.7 Å². The number of aromatic nitrogens is 3. The summed E-state index contributed by atoms with van der Waals surface area (Å²) in [5.74, 6) is -1.08. The van der Waals surface area contributed by atoms with Crippen LogP contribution in [0.5, 0.6) is 11.8 Å². The summed E-state index contributed by atoms with van der Waals surface area (Å²) in [5.41, 5.74) is -1.43. The third kappa shape index (κ3) is 4.97. The Morgan fingerprint density at radius 3 is 2.77 bits per heavy atom. The van der Waals surface area contributed by atoms with Crippen LogP contribution < -0.4 is 9.64 Å². The molecule has 3 aliphatic heterocycles. The molecule has 0 amide bonds. The zero-order valence-electron chi connectivity index (χ0n) is 23.6. The third-order valence-electron chi connectivity index (χ3n) is 9.10. The average Bonchev–Trinajstić information content (AvgIpc) is 3.48. The number of anilines is 1. The molecule has 0 radical (unpaired) electrons. The van der Waals surface area contributed by atoms with Crippen molar-refractivity contribution in [3.8, 4) is 23.0 Å². The van der Waals surface area contributed by atoms with E-state index in [4.69, 9.17) is 4.74 Å². The van der Waals surface area contributed by atoms with Crippen LogP contribution in [-0.2, 0) is 0 Å². The molecule has 3 atom stereocenters. The van der Waals surface area contributed by atoms with Crippen molar-refractivity contribution < 1.29 is 28.1 Å². The van der Waals surface area contributed by atoms with Crippen LogP contribution in [0.4, 0.5) is 19.0 Å². The van der Waals surface area contributed by atoms with Gasteiger partial charge >= 0.3 is 6.01 Å². The van der Waals surface area contributed by atoms with Gasteiger partial charge in [0.1, 0.15) is 41.4 Å². The molecule has 43 heavy (non-hydrogen) atoms. The highest BCUT2D eigenvalue weighted by Gasteiger charge is 2.49. The summed E-state index contributed by atoms with van der Waals surface area (Å²) in [6, 6.07) is 5.51. The molecule has 12 heteroatoms. The van der Waals surface area contributed by atoms with Crippen molar-refractivity contribution in [2.24, 2.45) is 0 Å². The number of nitrogens with zero attached hydrogens (tertiary/aromatic N) is 5. The summed E-state index contributed by atoms with van der Waals surface area (Å²) in [5, 5.41) is 22.5. The van der Waals surface area contributed by atoms with Gasteiger partial charge in [0.25, 0.3) is 0 Å². The SMILES string of the molecule is CC1(O)CCCN(c2nc(OC[C@@]34CCCN3C[C@H](F)C4)nc3c(F)c(-c4cc(O)cc5ccc(F)c(Br)c45)ncc23)C1. The summed E-state index contributed by atoms with van der Waals surface area (Å²) in [6.45, 7) is 3.94. The largest absolute Gasteiger partial charge is 0.508 e. The molecule has 0 saturated carbocycles. The molecule has 4 aromatic rings. The minimum absolute atomic E-state index is 0.0553. The Bertz CT molecular complexity index is 1760. The predicted octanol–water partition coefficient (Wildman–Crippen LogP) is 5.90. The van der Waals surface area contributed by atoms with Gasteiger partial charge in [0.2, 0.25) is 0 Å². The van der Waals surface area contributed by atoms with E-state index in [0.717, 1.165) is 19.4 Å². The Morgan fingerprint density at radius 1 is 1.14 bits per heavy atom. The van der Waals surface area contributed by atoms with Crippen LogP contribution in [0.1, 0.15) is 39.0 Å². The van der Waals surface area contributed by atoms with Crippen LogP contribution in [0.3, 0.4) is 0 Å². The number of hydrogen-bond donors (Lipinski definition) is 2. The molecule has 3 saturated heterocycles. The minimum atomic E-state index is -0.970. The van der Waals surface area contributed by atoms with Crippen LogP contribution in [0.2, 0.25) is 0 Å². The van der Waals surface area contributed by atoms with Crippen molar-refractivity contribution in [3.05, 3.63) is 46.6 Å². The molecular weight excluding hydrogens is 627 g/mol. The molecule has 8 nitrogen and oxygen atoms in total. The molecular formula is C31H31BrF3N5O3. The minimum Gasteiger partial charge on any atom is -0.508 e. The highest BCUT2D eigenvalue weighted by molar-refractivity contribution is 9.10. The molecule has 0 aliphatic carbocycles. The number of aromatic hydroxyl groups is 1. The molecule has 0 bridgehead atoms. The molecule has 5 heterocycles. The fraction of sp³-hybridized carbons (Fsp3) is 0.452. The second-order valence-electron chi connectivity index (χ2n) is 12.4. The number of ether oxygens (including phenoxy) is 1. The number of benzene rings is 2. The fourth-order valence-electron chi connectivity index (χ4n) is 7.13. The topological polar surface area (TPSA) is 94.8 Å². The van der Waals surface area contributed by atoms with Crippen LogP contribution in [0.15, 0.2) is 34.9 Å². The van der Waals surface area contributed by atoms with Gasteiger partial charge in [-0.1, -0.05) is 6.07 Å². The summed E-state index contributed by atoms with van der Waals surface area (Å²) < 4.78 is 51.9. The summed E-state index contributed by atoms with van der Waals surface area (Å²) in [7, 11) is 0. The first-order chi connectivity index (χ1) is 20.5. The van der Waals surface area contributed by atoms with E-state index in [9.17, 15) is 19.0 Å². The van der Waals surface area contributed by atoms with E-state index >= 15 is 4.39 Å². The van der Waals surface area contributed by atoms with Gasteiger partial charge in [-0.25, -0.2) is 13.2 Å². The highest BCUT2D eigenvalue weighted by Crippen LogP contribution is 2.42. The number of alkyl halides is 1. The second-order valence-corrected chi connectivity index (χ2v) is 13.1. The van der Waals surface area contributed by atoms with E-state index in [-0.39, 0.29) is 46.2 Å². The summed E-state index contributed by atoms with van der Waals surface area (Å²) >= 11 is 3.28. The summed E-state index contributed by atoms with van der Waals surface area (Å²) in [6.07, 6.45) is 3.95. The van der Waals surface area contributed by atoms with Gasteiger partial charge in [-0.3, -0.25) is 9.88 Å². The molecule has 3 aliphatic rings. The number of β-amino-alcohol motifs (C(OH)–C–C–N with tert-alkyl or cyclic N) is 1. The van der Waals surface area contributed by atoms with E-state index < -0.39 is 28.9 Å². The van der Waals surface area contributed by atoms with Crippen LogP contribution in [0, 0.1) is 11.6 Å². The molecule has 3 fully saturated rings. The van der Waals surface area contributed by atoms with E-state index in [1.807, 2.05) is 4.90 Å². The Labute approximate surface area is 254 Å². The Balaban J connectivity index is 1.37. The van der Waals surface area contributed by atoms with E-state index in [0.29, 0.717) is 54.3 Å². The highest BCUT2D eigenvalue weighted by atomic mass is 79.9. The number of phenols is 1. The maximum Gasteiger partial charge on any atom is 0.319 e. The quantitative estimate of drug-likeness (QED) is 0.274. The third-order valence-corrected chi connectivity index (χ3v) is 9.87. The first-order valence-corrected chi connectivity index (χ1v) is 15.3. The van der Waals surface area contributed by atoms with E-state index in [1.54, 1.807) is 6.92 Å². The lowest BCUT2D eigenvalue weighted by atomic mass is 9.95. The molecule has 226 valence electrons. The van der Waals surface area contributed by atoms with Crippen molar-refractivity contribution in [1.29, 1.82) is 0 Å². The molecule has 0 spiro atoms. The Kier molecular flexibility index (Phi) is 6.94. The van der Waals surface area contributed by atoms with Crippen LogP contribution in [0.25, 0.3) is 32.9 Å². The zero-order chi connectivity index (χ0) is 30.1.